The lowest BCUT2D eigenvalue weighted by Gasteiger charge is -2.11. The second-order valence-corrected chi connectivity index (χ2v) is 5.83. The molecule has 1 aromatic heterocycles. The van der Waals surface area contributed by atoms with Crippen LogP contribution in [0.3, 0.4) is 0 Å². The molecule has 0 saturated carbocycles. The number of nitrogens with zero attached hydrogens (tertiary/aromatic N) is 2. The number of rotatable bonds is 5. The lowest BCUT2D eigenvalue weighted by Crippen LogP contribution is -2.34. The van der Waals surface area contributed by atoms with Crippen molar-refractivity contribution in [3.05, 3.63) is 70.1 Å². The molecule has 3 rings (SSSR count). The molecule has 2 aromatic carbocycles. The molecule has 0 unspecified atom stereocenters. The number of carboxylic acids is 1. The third kappa shape index (κ3) is 3.74. The molecular weight excluding hydrogens is 350 g/mol. The maximum Gasteiger partial charge on any atom is 0.275 e. The molecule has 3 aromatic rings. The molecule has 0 spiro atoms. The molecule has 136 valence electrons. The van der Waals surface area contributed by atoms with Crippen LogP contribution in [0.4, 0.5) is 5.69 Å². The van der Waals surface area contributed by atoms with Gasteiger partial charge in [0.1, 0.15) is 12.2 Å². The Morgan fingerprint density at radius 3 is 2.26 bits per heavy atom. The second kappa shape index (κ2) is 7.20. The van der Waals surface area contributed by atoms with Crippen molar-refractivity contribution >= 4 is 34.1 Å². The lowest BCUT2D eigenvalue weighted by atomic mass is 10.1. The van der Waals surface area contributed by atoms with Crippen LogP contribution in [-0.4, -0.2) is 27.4 Å². The van der Waals surface area contributed by atoms with Crippen LogP contribution < -0.4 is 16.0 Å². The topological polar surface area (TPSA) is 121 Å². The Hall–Kier alpha value is -3.81. The molecule has 0 radical (unpaired) electrons. The van der Waals surface area contributed by atoms with Gasteiger partial charge < -0.3 is 15.2 Å². The van der Waals surface area contributed by atoms with Gasteiger partial charge in [0.2, 0.25) is 5.91 Å². The third-order valence-corrected chi connectivity index (χ3v) is 3.93. The first-order valence-corrected chi connectivity index (χ1v) is 7.99. The summed E-state index contributed by atoms with van der Waals surface area (Å²) in [7, 11) is 0. The number of amides is 1. The minimum atomic E-state index is -1.54. The minimum Gasteiger partial charge on any atom is -0.543 e. The van der Waals surface area contributed by atoms with E-state index in [-0.39, 0.29) is 16.6 Å². The molecule has 0 aliphatic heterocycles. The number of carboxylic acid groups (broad SMARTS) is 1. The first kappa shape index (κ1) is 18.0. The molecule has 0 aliphatic rings. The quantitative estimate of drug-likeness (QED) is 0.662. The van der Waals surface area contributed by atoms with E-state index in [0.29, 0.717) is 11.3 Å². The third-order valence-electron chi connectivity index (χ3n) is 3.93. The van der Waals surface area contributed by atoms with Gasteiger partial charge in [0, 0.05) is 16.6 Å². The van der Waals surface area contributed by atoms with Crippen molar-refractivity contribution in [3.63, 3.8) is 0 Å². The molecular formula is C19H14N3O5-. The normalized spacial score (nSPS) is 10.6. The maximum absolute atomic E-state index is 12.5. The van der Waals surface area contributed by atoms with E-state index < -0.39 is 29.7 Å². The molecule has 27 heavy (non-hydrogen) atoms. The Labute approximate surface area is 153 Å². The van der Waals surface area contributed by atoms with Crippen LogP contribution in [0.1, 0.15) is 27.8 Å². The van der Waals surface area contributed by atoms with Crippen LogP contribution in [0, 0.1) is 0 Å². The zero-order chi connectivity index (χ0) is 19.6. The predicted molar refractivity (Wildman–Crippen MR) is 95.4 cm³/mol. The highest BCUT2D eigenvalue weighted by atomic mass is 16.4. The molecule has 8 heteroatoms. The van der Waals surface area contributed by atoms with E-state index in [0.717, 1.165) is 4.68 Å². The van der Waals surface area contributed by atoms with Crippen LogP contribution in [-0.2, 0) is 11.3 Å². The lowest BCUT2D eigenvalue weighted by molar-refractivity contribution is -0.255. The van der Waals surface area contributed by atoms with E-state index in [4.69, 9.17) is 0 Å². The fourth-order valence-electron chi connectivity index (χ4n) is 2.62. The number of fused-ring (bicyclic) bond motifs is 1. The number of aromatic carboxylic acids is 1. The van der Waals surface area contributed by atoms with Crippen molar-refractivity contribution in [2.24, 2.45) is 0 Å². The first-order valence-electron chi connectivity index (χ1n) is 7.99. The summed E-state index contributed by atoms with van der Waals surface area (Å²) in [5.41, 5.74) is -0.0699. The van der Waals surface area contributed by atoms with Gasteiger partial charge >= 0.3 is 0 Å². The summed E-state index contributed by atoms with van der Waals surface area (Å²) >= 11 is 0. The van der Waals surface area contributed by atoms with Gasteiger partial charge in [-0.15, -0.1) is 0 Å². The summed E-state index contributed by atoms with van der Waals surface area (Å²) in [5.74, 6) is -2.21. The van der Waals surface area contributed by atoms with E-state index in [1.54, 1.807) is 36.4 Å². The van der Waals surface area contributed by atoms with Crippen molar-refractivity contribution in [1.29, 1.82) is 0 Å². The number of nitrogens with one attached hydrogen (secondary N) is 1. The van der Waals surface area contributed by atoms with Crippen LogP contribution in [0.15, 0.2) is 53.3 Å². The zero-order valence-electron chi connectivity index (χ0n) is 14.3. The molecule has 0 atom stereocenters. The molecule has 0 aliphatic carbocycles. The molecule has 8 nitrogen and oxygen atoms in total. The standard InChI is InChI=1S/C19H15N3O5/c1-11(23)12-6-8-13(9-7-12)20-16(24)10-22-18(25)15-5-3-2-4-14(15)17(21-22)19(26)27/h2-9H,10H2,1H3,(H,20,24)(H,26,27)/p-1. The number of carbonyl (C=O) groups excluding carboxylic acids is 3. The van der Waals surface area contributed by atoms with Crippen LogP contribution in [0.5, 0.6) is 0 Å². The highest BCUT2D eigenvalue weighted by Crippen LogP contribution is 2.13. The SMILES string of the molecule is CC(=O)c1ccc(NC(=O)Cn2nc(C(=O)[O-])c3ccccc3c2=O)cc1. The average molecular weight is 364 g/mol. The van der Waals surface area contributed by atoms with E-state index in [9.17, 15) is 24.3 Å². The summed E-state index contributed by atoms with van der Waals surface area (Å²) in [4.78, 5) is 47.3. The predicted octanol–water partition coefficient (Wildman–Crippen LogP) is 0.601. The van der Waals surface area contributed by atoms with Gasteiger partial charge in [-0.05, 0) is 37.3 Å². The van der Waals surface area contributed by atoms with Gasteiger partial charge in [0.15, 0.2) is 5.78 Å². The highest BCUT2D eigenvalue weighted by molar-refractivity contribution is 6.00. The fourth-order valence-corrected chi connectivity index (χ4v) is 2.62. The Morgan fingerprint density at radius 2 is 1.67 bits per heavy atom. The van der Waals surface area contributed by atoms with E-state index in [2.05, 4.69) is 10.4 Å². The van der Waals surface area contributed by atoms with Crippen LogP contribution in [0.25, 0.3) is 10.8 Å². The summed E-state index contributed by atoms with van der Waals surface area (Å²) in [6, 6.07) is 12.3. The molecule has 0 bridgehead atoms. The smallest absolute Gasteiger partial charge is 0.275 e. The van der Waals surface area contributed by atoms with Crippen molar-refractivity contribution in [2.45, 2.75) is 13.5 Å². The van der Waals surface area contributed by atoms with E-state index >= 15 is 0 Å². The Morgan fingerprint density at radius 1 is 1.04 bits per heavy atom. The van der Waals surface area contributed by atoms with Crippen LogP contribution in [0.2, 0.25) is 0 Å². The minimum absolute atomic E-state index is 0.102. The number of benzene rings is 2. The number of carbonyl (C=O) groups is 3. The first-order chi connectivity index (χ1) is 12.9. The van der Waals surface area contributed by atoms with E-state index in [1.807, 2.05) is 0 Å². The fraction of sp³-hybridized carbons (Fsp3) is 0.105. The second-order valence-electron chi connectivity index (χ2n) is 5.83. The molecule has 1 heterocycles. The van der Waals surface area contributed by atoms with Crippen molar-refractivity contribution in [2.75, 3.05) is 5.32 Å². The molecule has 0 fully saturated rings. The van der Waals surface area contributed by atoms with Crippen molar-refractivity contribution in [3.8, 4) is 0 Å². The molecule has 1 N–H and O–H groups in total. The van der Waals surface area contributed by atoms with Gasteiger partial charge in [-0.2, -0.15) is 5.10 Å². The van der Waals surface area contributed by atoms with Gasteiger partial charge in [-0.1, -0.05) is 18.2 Å². The monoisotopic (exact) mass is 364 g/mol. The van der Waals surface area contributed by atoms with Crippen molar-refractivity contribution in [1.82, 2.24) is 9.78 Å². The zero-order valence-corrected chi connectivity index (χ0v) is 14.3. The maximum atomic E-state index is 12.5. The summed E-state index contributed by atoms with van der Waals surface area (Å²) < 4.78 is 0.784. The Balaban J connectivity index is 1.88. The number of hydrogen-bond acceptors (Lipinski definition) is 6. The Bertz CT molecular complexity index is 1120. The van der Waals surface area contributed by atoms with Gasteiger partial charge in [0.05, 0.1) is 11.4 Å². The summed E-state index contributed by atoms with van der Waals surface area (Å²) in [6.07, 6.45) is 0. The number of Topliss-reactive ketones (excluding diaryl/α,β-unsaturated/α-hetero) is 1. The van der Waals surface area contributed by atoms with Gasteiger partial charge in [-0.3, -0.25) is 14.4 Å². The molecule has 1 amide bonds. The average Bonchev–Trinajstić information content (AvgIpc) is 2.64. The van der Waals surface area contributed by atoms with Crippen LogP contribution >= 0.6 is 0 Å². The number of hydrogen-bond donors (Lipinski definition) is 1. The summed E-state index contributed by atoms with van der Waals surface area (Å²) in [5, 5.41) is 17.9. The molecule has 0 saturated heterocycles. The number of aromatic nitrogens is 2. The van der Waals surface area contributed by atoms with E-state index in [1.165, 1.54) is 19.1 Å². The summed E-state index contributed by atoms with van der Waals surface area (Å²) in [6.45, 7) is 0.957. The Kier molecular flexibility index (Phi) is 4.80. The highest BCUT2D eigenvalue weighted by Gasteiger charge is 2.13. The van der Waals surface area contributed by atoms with Gasteiger partial charge in [0.25, 0.3) is 5.56 Å². The largest absolute Gasteiger partial charge is 0.543 e. The number of ketones is 1. The van der Waals surface area contributed by atoms with Crippen molar-refractivity contribution < 1.29 is 19.5 Å². The van der Waals surface area contributed by atoms with Gasteiger partial charge in [-0.25, -0.2) is 4.68 Å². The number of anilines is 1.